The summed E-state index contributed by atoms with van der Waals surface area (Å²) < 4.78 is 0. The fourth-order valence-electron chi connectivity index (χ4n) is 1.04. The molecule has 0 atom stereocenters. The van der Waals surface area contributed by atoms with Crippen LogP contribution in [0.3, 0.4) is 0 Å². The number of hydrogen-bond acceptors (Lipinski definition) is 3. The molecule has 1 aromatic rings. The number of rotatable bonds is 2. The van der Waals surface area contributed by atoms with E-state index >= 15 is 0 Å². The van der Waals surface area contributed by atoms with E-state index in [1.54, 1.807) is 6.92 Å². The second-order valence-corrected chi connectivity index (χ2v) is 3.34. The Balaban J connectivity index is 3.49. The second kappa shape index (κ2) is 3.94. The first kappa shape index (κ1) is 10.9. The molecule has 0 aliphatic heterocycles. The summed E-state index contributed by atoms with van der Waals surface area (Å²) >= 11 is 10.9. The van der Waals surface area contributed by atoms with E-state index in [-0.39, 0.29) is 16.3 Å². The summed E-state index contributed by atoms with van der Waals surface area (Å²) in [5, 5.41) is 9.47. The van der Waals surface area contributed by atoms with Gasteiger partial charge < -0.3 is 0 Å². The minimum Gasteiger partial charge on any atom is -0.276 e. The van der Waals surface area contributed by atoms with Crippen LogP contribution in [0.1, 0.15) is 15.9 Å². The minimum atomic E-state index is -0.795. The number of nitro benzene ring substituents is 1. The Kier molecular flexibility index (Phi) is 3.08. The van der Waals surface area contributed by atoms with E-state index < -0.39 is 10.2 Å². The second-order valence-electron chi connectivity index (χ2n) is 2.62. The van der Waals surface area contributed by atoms with Crippen molar-refractivity contribution in [2.75, 3.05) is 0 Å². The van der Waals surface area contributed by atoms with Crippen LogP contribution in [0.2, 0.25) is 5.02 Å². The van der Waals surface area contributed by atoms with Gasteiger partial charge in [0.15, 0.2) is 0 Å². The van der Waals surface area contributed by atoms with E-state index in [1.165, 1.54) is 12.1 Å². The van der Waals surface area contributed by atoms with E-state index in [9.17, 15) is 14.9 Å². The van der Waals surface area contributed by atoms with Gasteiger partial charge in [0.2, 0.25) is 0 Å². The van der Waals surface area contributed by atoms with Crippen LogP contribution < -0.4 is 0 Å². The van der Waals surface area contributed by atoms with Crippen LogP contribution in [0.5, 0.6) is 0 Å². The van der Waals surface area contributed by atoms with E-state index in [0.29, 0.717) is 5.56 Å². The van der Waals surface area contributed by atoms with Gasteiger partial charge in [0, 0.05) is 6.07 Å². The number of halogens is 2. The highest BCUT2D eigenvalue weighted by atomic mass is 35.5. The molecule has 0 unspecified atom stereocenters. The van der Waals surface area contributed by atoms with Crippen LogP contribution in [-0.4, -0.2) is 10.2 Å². The number of nitro groups is 1. The van der Waals surface area contributed by atoms with Crippen molar-refractivity contribution >= 4 is 34.1 Å². The van der Waals surface area contributed by atoms with Gasteiger partial charge in [-0.3, -0.25) is 14.9 Å². The van der Waals surface area contributed by atoms with Crippen LogP contribution in [-0.2, 0) is 0 Å². The van der Waals surface area contributed by atoms with E-state index in [1.807, 2.05) is 0 Å². The molecule has 1 aromatic carbocycles. The smallest absolute Gasteiger partial charge is 0.276 e. The predicted octanol–water partition coefficient (Wildman–Crippen LogP) is 2.94. The number of benzene rings is 1. The zero-order valence-electron chi connectivity index (χ0n) is 7.08. The molecule has 0 spiro atoms. The summed E-state index contributed by atoms with van der Waals surface area (Å²) in [6.07, 6.45) is 0. The number of hydrogen-bond donors (Lipinski definition) is 0. The van der Waals surface area contributed by atoms with Crippen LogP contribution in [0.25, 0.3) is 0 Å². The van der Waals surface area contributed by atoms with Gasteiger partial charge in [-0.25, -0.2) is 0 Å². The molecule has 0 aromatic heterocycles. The Morgan fingerprint density at radius 1 is 1.50 bits per heavy atom. The third kappa shape index (κ3) is 1.86. The molecule has 0 aliphatic rings. The quantitative estimate of drug-likeness (QED) is 0.449. The standard InChI is InChI=1S/C8H5Cl2NO3/c1-4-2-3-5(11(13)14)7(9)6(4)8(10)12/h2-3H,1H3. The summed E-state index contributed by atoms with van der Waals surface area (Å²) in [4.78, 5) is 20.7. The molecule has 74 valence electrons. The Hall–Kier alpha value is -1.13. The lowest BCUT2D eigenvalue weighted by Crippen LogP contribution is -1.99. The van der Waals surface area contributed by atoms with Crippen molar-refractivity contribution in [3.63, 3.8) is 0 Å². The molecule has 0 N–H and O–H groups in total. The molecule has 4 nitrogen and oxygen atoms in total. The first-order chi connectivity index (χ1) is 6.45. The highest BCUT2D eigenvalue weighted by molar-refractivity contribution is 6.69. The van der Waals surface area contributed by atoms with E-state index in [2.05, 4.69) is 0 Å². The Morgan fingerprint density at radius 2 is 2.07 bits per heavy atom. The maximum atomic E-state index is 10.9. The van der Waals surface area contributed by atoms with Gasteiger partial charge in [-0.05, 0) is 24.1 Å². The first-order valence-electron chi connectivity index (χ1n) is 3.58. The van der Waals surface area contributed by atoms with Crippen molar-refractivity contribution in [1.82, 2.24) is 0 Å². The summed E-state index contributed by atoms with van der Waals surface area (Å²) in [5.74, 6) is 0. The van der Waals surface area contributed by atoms with Crippen LogP contribution in [0.4, 0.5) is 5.69 Å². The van der Waals surface area contributed by atoms with E-state index in [4.69, 9.17) is 23.2 Å². The molecule has 6 heteroatoms. The van der Waals surface area contributed by atoms with Gasteiger partial charge in [-0.2, -0.15) is 0 Å². The average molecular weight is 234 g/mol. The van der Waals surface area contributed by atoms with Gasteiger partial charge in [0.25, 0.3) is 10.9 Å². The van der Waals surface area contributed by atoms with Crippen molar-refractivity contribution in [3.8, 4) is 0 Å². The minimum absolute atomic E-state index is 0.0115. The molecule has 0 aliphatic carbocycles. The number of nitrogens with zero attached hydrogens (tertiary/aromatic N) is 1. The van der Waals surface area contributed by atoms with Crippen LogP contribution in [0, 0.1) is 17.0 Å². The molecular weight excluding hydrogens is 229 g/mol. The lowest BCUT2D eigenvalue weighted by molar-refractivity contribution is -0.384. The maximum Gasteiger partial charge on any atom is 0.288 e. The zero-order chi connectivity index (χ0) is 10.9. The van der Waals surface area contributed by atoms with Crippen molar-refractivity contribution in [2.45, 2.75) is 6.92 Å². The molecular formula is C8H5Cl2NO3. The van der Waals surface area contributed by atoms with Gasteiger partial charge in [0.05, 0.1) is 10.5 Å². The van der Waals surface area contributed by atoms with Crippen molar-refractivity contribution in [2.24, 2.45) is 0 Å². The summed E-state index contributed by atoms with van der Waals surface area (Å²) in [6, 6.07) is 2.67. The first-order valence-corrected chi connectivity index (χ1v) is 4.34. The Morgan fingerprint density at radius 3 is 2.50 bits per heavy atom. The fourth-order valence-corrected chi connectivity index (χ4v) is 1.70. The molecule has 1 rings (SSSR count). The third-order valence-electron chi connectivity index (χ3n) is 1.72. The Labute approximate surface area is 89.6 Å². The molecule has 0 amide bonds. The third-order valence-corrected chi connectivity index (χ3v) is 2.29. The molecule has 0 saturated heterocycles. The summed E-state index contributed by atoms with van der Waals surface area (Å²) in [6.45, 7) is 1.60. The van der Waals surface area contributed by atoms with Crippen molar-refractivity contribution in [1.29, 1.82) is 0 Å². The molecule has 0 bridgehead atoms. The SMILES string of the molecule is Cc1ccc([N+](=O)[O-])c(Cl)c1C(=O)Cl. The highest BCUT2D eigenvalue weighted by Crippen LogP contribution is 2.31. The molecule has 0 radical (unpaired) electrons. The zero-order valence-corrected chi connectivity index (χ0v) is 8.59. The summed E-state index contributed by atoms with van der Waals surface area (Å²) in [5.41, 5.74) is 0.185. The van der Waals surface area contributed by atoms with Gasteiger partial charge in [-0.15, -0.1) is 0 Å². The molecule has 0 saturated carbocycles. The largest absolute Gasteiger partial charge is 0.288 e. The van der Waals surface area contributed by atoms with Crippen molar-refractivity contribution in [3.05, 3.63) is 38.4 Å². The Bertz CT molecular complexity index is 417. The van der Waals surface area contributed by atoms with Gasteiger partial charge in [-0.1, -0.05) is 17.7 Å². The van der Waals surface area contributed by atoms with Crippen molar-refractivity contribution < 1.29 is 9.72 Å². The van der Waals surface area contributed by atoms with E-state index in [0.717, 1.165) is 0 Å². The summed E-state index contributed by atoms with van der Waals surface area (Å²) in [7, 11) is 0. The number of carbonyl (C=O) groups excluding carboxylic acids is 1. The lowest BCUT2D eigenvalue weighted by atomic mass is 10.1. The monoisotopic (exact) mass is 233 g/mol. The maximum absolute atomic E-state index is 10.9. The van der Waals surface area contributed by atoms with Gasteiger partial charge in [0.1, 0.15) is 5.02 Å². The van der Waals surface area contributed by atoms with Gasteiger partial charge >= 0.3 is 0 Å². The fraction of sp³-hybridized carbons (Fsp3) is 0.125. The molecule has 0 fully saturated rings. The van der Waals surface area contributed by atoms with Crippen LogP contribution in [0.15, 0.2) is 12.1 Å². The number of carbonyl (C=O) groups is 1. The molecule has 0 heterocycles. The number of aryl methyl sites for hydroxylation is 1. The predicted molar refractivity (Wildman–Crippen MR) is 53.0 cm³/mol. The highest BCUT2D eigenvalue weighted by Gasteiger charge is 2.20. The van der Waals surface area contributed by atoms with Crippen LogP contribution >= 0.6 is 23.2 Å². The topological polar surface area (TPSA) is 60.2 Å². The lowest BCUT2D eigenvalue weighted by Gasteiger charge is -2.03. The average Bonchev–Trinajstić information content (AvgIpc) is 2.02. The molecule has 14 heavy (non-hydrogen) atoms. The normalized spacial score (nSPS) is 9.93.